The fourth-order valence-electron chi connectivity index (χ4n) is 3.52. The number of aromatic amines is 1. The van der Waals surface area contributed by atoms with Gasteiger partial charge in [0.05, 0.1) is 21.8 Å². The Kier molecular flexibility index (Phi) is 6.58. The van der Waals surface area contributed by atoms with Gasteiger partial charge in [-0.3, -0.25) is 19.6 Å². The van der Waals surface area contributed by atoms with Crippen molar-refractivity contribution in [2.75, 3.05) is 4.72 Å². The van der Waals surface area contributed by atoms with Gasteiger partial charge in [0, 0.05) is 22.1 Å². The average molecular weight is 539 g/mol. The van der Waals surface area contributed by atoms with Crippen LogP contribution in [0, 0.1) is 20.8 Å². The summed E-state index contributed by atoms with van der Waals surface area (Å²) in [5.41, 5.74) is 4.81. The molecule has 2 N–H and O–H groups in total. The molecule has 0 spiro atoms. The molecule has 3 aromatic carbocycles. The zero-order chi connectivity index (χ0) is 24.5. The Morgan fingerprint density at radius 3 is 2.29 bits per heavy atom. The Bertz CT molecular complexity index is 1530. The van der Waals surface area contributed by atoms with Gasteiger partial charge in [-0.15, -0.1) is 0 Å². The van der Waals surface area contributed by atoms with Crippen molar-refractivity contribution in [1.82, 2.24) is 9.78 Å². The monoisotopic (exact) mass is 538 g/mol. The Morgan fingerprint density at radius 1 is 0.971 bits per heavy atom. The molecule has 0 fully saturated rings. The molecule has 1 heterocycles. The van der Waals surface area contributed by atoms with E-state index in [-0.39, 0.29) is 10.5 Å². The van der Waals surface area contributed by atoms with Crippen LogP contribution < -0.4 is 10.3 Å². The summed E-state index contributed by atoms with van der Waals surface area (Å²) >= 11 is 3.32. The quantitative estimate of drug-likeness (QED) is 0.321. The highest BCUT2D eigenvalue weighted by Gasteiger charge is 2.15. The number of nitrogens with one attached hydrogen (secondary N) is 2. The van der Waals surface area contributed by atoms with Crippen molar-refractivity contribution in [2.45, 2.75) is 25.7 Å². The zero-order valence-corrected chi connectivity index (χ0v) is 21.2. The standard InChI is InChI=1S/C25H23BrN4O3S/c1-16-4-13-24(17(2)14-16)30-25(31)23(18(3)28-30)15-27-20-9-11-22(12-10-20)34(32,33)29-21-7-5-19(26)6-8-21/h4-15,28-29H,1-3H3. The normalized spacial score (nSPS) is 11.8. The molecule has 7 nitrogen and oxygen atoms in total. The van der Waals surface area contributed by atoms with Crippen LogP contribution in [0.2, 0.25) is 0 Å². The lowest BCUT2D eigenvalue weighted by molar-refractivity contribution is 0.601. The number of sulfonamides is 1. The van der Waals surface area contributed by atoms with Gasteiger partial charge in [-0.1, -0.05) is 33.6 Å². The van der Waals surface area contributed by atoms with Gasteiger partial charge >= 0.3 is 0 Å². The van der Waals surface area contributed by atoms with Crippen LogP contribution in [0.15, 0.2) is 85.9 Å². The second kappa shape index (κ2) is 9.44. The molecule has 0 unspecified atom stereocenters. The van der Waals surface area contributed by atoms with Crippen molar-refractivity contribution in [3.8, 4) is 5.69 Å². The van der Waals surface area contributed by atoms with Crippen LogP contribution in [-0.4, -0.2) is 24.4 Å². The maximum absolute atomic E-state index is 13.0. The van der Waals surface area contributed by atoms with Gasteiger partial charge in [0.25, 0.3) is 15.6 Å². The third-order valence-electron chi connectivity index (χ3n) is 5.30. The fourth-order valence-corrected chi connectivity index (χ4v) is 4.84. The molecule has 34 heavy (non-hydrogen) atoms. The molecule has 0 aliphatic heterocycles. The van der Waals surface area contributed by atoms with Crippen LogP contribution in [0.1, 0.15) is 22.4 Å². The first-order chi connectivity index (χ1) is 16.1. The number of nitrogens with zero attached hydrogens (tertiary/aromatic N) is 2. The summed E-state index contributed by atoms with van der Waals surface area (Å²) in [5.74, 6) is 0. The molecule has 4 aromatic rings. The molecule has 0 aliphatic rings. The number of hydrogen-bond donors (Lipinski definition) is 2. The van der Waals surface area contributed by atoms with E-state index in [2.05, 4.69) is 30.7 Å². The van der Waals surface area contributed by atoms with Gasteiger partial charge in [0.2, 0.25) is 0 Å². The second-order valence-corrected chi connectivity index (χ2v) is 10.5. The predicted octanol–water partition coefficient (Wildman–Crippen LogP) is 5.40. The van der Waals surface area contributed by atoms with E-state index >= 15 is 0 Å². The number of halogens is 1. The van der Waals surface area contributed by atoms with Crippen molar-refractivity contribution in [2.24, 2.45) is 4.99 Å². The highest BCUT2D eigenvalue weighted by molar-refractivity contribution is 9.10. The molecule has 9 heteroatoms. The first kappa shape index (κ1) is 23.7. The molecule has 0 radical (unpaired) electrons. The summed E-state index contributed by atoms with van der Waals surface area (Å²) in [6, 6.07) is 18.9. The van der Waals surface area contributed by atoms with Crippen LogP contribution in [0.3, 0.4) is 0 Å². The fraction of sp³-hybridized carbons (Fsp3) is 0.120. The molecule has 0 saturated heterocycles. The highest BCUT2D eigenvalue weighted by atomic mass is 79.9. The van der Waals surface area contributed by atoms with Crippen molar-refractivity contribution in [3.05, 3.63) is 104 Å². The maximum atomic E-state index is 13.0. The minimum absolute atomic E-state index is 0.115. The number of aryl methyl sites for hydroxylation is 3. The summed E-state index contributed by atoms with van der Waals surface area (Å²) in [5, 5.41) is 3.10. The first-order valence-electron chi connectivity index (χ1n) is 10.5. The largest absolute Gasteiger partial charge is 0.295 e. The lowest BCUT2D eigenvalue weighted by Gasteiger charge is -2.08. The minimum Gasteiger partial charge on any atom is -0.295 e. The number of H-pyrrole nitrogens is 1. The van der Waals surface area contributed by atoms with Crippen molar-refractivity contribution < 1.29 is 8.42 Å². The summed E-state index contributed by atoms with van der Waals surface area (Å²) in [7, 11) is -3.73. The summed E-state index contributed by atoms with van der Waals surface area (Å²) < 4.78 is 30.2. The van der Waals surface area contributed by atoms with E-state index in [4.69, 9.17) is 0 Å². The Balaban J connectivity index is 1.55. The van der Waals surface area contributed by atoms with E-state index in [1.54, 1.807) is 36.4 Å². The summed E-state index contributed by atoms with van der Waals surface area (Å²) in [6.45, 7) is 5.77. The average Bonchev–Trinajstić information content (AvgIpc) is 3.07. The number of benzene rings is 3. The lowest BCUT2D eigenvalue weighted by atomic mass is 10.1. The number of anilines is 1. The molecule has 0 atom stereocenters. The van der Waals surface area contributed by atoms with Crippen molar-refractivity contribution >= 4 is 43.5 Å². The second-order valence-electron chi connectivity index (χ2n) is 7.95. The first-order valence-corrected chi connectivity index (χ1v) is 12.7. The smallest absolute Gasteiger partial charge is 0.280 e. The van der Waals surface area contributed by atoms with Crippen LogP contribution >= 0.6 is 15.9 Å². The Hall–Kier alpha value is -3.43. The van der Waals surface area contributed by atoms with Gasteiger partial charge in [-0.2, -0.15) is 0 Å². The molecule has 0 aliphatic carbocycles. The van der Waals surface area contributed by atoms with Crippen LogP contribution in [0.5, 0.6) is 0 Å². The molecule has 4 rings (SSSR count). The minimum atomic E-state index is -3.73. The van der Waals surface area contributed by atoms with Gasteiger partial charge in [0.1, 0.15) is 0 Å². The maximum Gasteiger partial charge on any atom is 0.280 e. The third kappa shape index (κ3) is 5.05. The zero-order valence-electron chi connectivity index (χ0n) is 18.8. The van der Waals surface area contributed by atoms with Gasteiger partial charge in [-0.25, -0.2) is 13.1 Å². The van der Waals surface area contributed by atoms with Crippen molar-refractivity contribution in [1.29, 1.82) is 0 Å². The van der Waals surface area contributed by atoms with E-state index in [0.717, 1.165) is 21.3 Å². The van der Waals surface area contributed by atoms with Crippen LogP contribution in [0.25, 0.3) is 5.69 Å². The van der Waals surface area contributed by atoms with Gasteiger partial charge in [-0.05, 0) is 80.9 Å². The topological polar surface area (TPSA) is 96.3 Å². The molecule has 0 amide bonds. The summed E-state index contributed by atoms with van der Waals surface area (Å²) in [4.78, 5) is 17.5. The van der Waals surface area contributed by atoms with E-state index < -0.39 is 10.0 Å². The molecule has 0 saturated carbocycles. The summed E-state index contributed by atoms with van der Waals surface area (Å²) in [6.07, 6.45) is 1.50. The SMILES string of the molecule is Cc1ccc(-n2[nH]c(C)c(C=Nc3ccc(S(=O)(=O)Nc4ccc(Br)cc4)cc3)c2=O)c(C)c1. The highest BCUT2D eigenvalue weighted by Crippen LogP contribution is 2.21. The number of aromatic nitrogens is 2. The number of rotatable bonds is 6. The van der Waals surface area contributed by atoms with Crippen molar-refractivity contribution in [3.63, 3.8) is 0 Å². The third-order valence-corrected chi connectivity index (χ3v) is 7.22. The predicted molar refractivity (Wildman–Crippen MR) is 139 cm³/mol. The van der Waals surface area contributed by atoms with Crippen LogP contribution in [0.4, 0.5) is 11.4 Å². The Morgan fingerprint density at radius 2 is 1.65 bits per heavy atom. The molecular weight excluding hydrogens is 516 g/mol. The van der Waals surface area contributed by atoms with Gasteiger partial charge in [0.15, 0.2) is 0 Å². The molecule has 174 valence electrons. The van der Waals surface area contributed by atoms with Gasteiger partial charge < -0.3 is 0 Å². The van der Waals surface area contributed by atoms with E-state index in [9.17, 15) is 13.2 Å². The molecule has 0 bridgehead atoms. The van der Waals surface area contributed by atoms with E-state index in [1.165, 1.54) is 23.0 Å². The Labute approximate surface area is 206 Å². The molecular formula is C25H23BrN4O3S. The van der Waals surface area contributed by atoms with E-state index in [0.29, 0.717) is 22.6 Å². The number of hydrogen-bond acceptors (Lipinski definition) is 4. The molecule has 1 aromatic heterocycles. The lowest BCUT2D eigenvalue weighted by Crippen LogP contribution is -2.18. The number of aliphatic imine (C=N–C) groups is 1. The van der Waals surface area contributed by atoms with Crippen LogP contribution in [-0.2, 0) is 10.0 Å². The van der Waals surface area contributed by atoms with E-state index in [1.807, 2.05) is 39.0 Å².